The van der Waals surface area contributed by atoms with Gasteiger partial charge < -0.3 is 14.3 Å². The van der Waals surface area contributed by atoms with E-state index in [-0.39, 0.29) is 11.7 Å². The maximum atomic E-state index is 11.9. The van der Waals surface area contributed by atoms with Crippen LogP contribution in [0.1, 0.15) is 48.0 Å². The molecule has 0 aromatic carbocycles. The van der Waals surface area contributed by atoms with Gasteiger partial charge in [0.2, 0.25) is 0 Å². The van der Waals surface area contributed by atoms with E-state index in [1.807, 2.05) is 41.5 Å². The number of rotatable bonds is 2. The molecule has 0 aliphatic carbocycles. The highest BCUT2D eigenvalue weighted by Gasteiger charge is 2.24. The quantitative estimate of drug-likeness (QED) is 0.722. The number of hydrogen-bond donors (Lipinski definition) is 0. The molecule has 0 aromatic rings. The molecule has 0 aromatic heterocycles. The van der Waals surface area contributed by atoms with E-state index >= 15 is 0 Å². The minimum atomic E-state index is -0.434. The lowest BCUT2D eigenvalue weighted by Gasteiger charge is -2.30. The zero-order chi connectivity index (χ0) is 14.7. The molecule has 108 valence electrons. The van der Waals surface area contributed by atoms with Crippen LogP contribution >= 0.6 is 0 Å². The van der Waals surface area contributed by atoms with E-state index < -0.39 is 5.60 Å². The van der Waals surface area contributed by atoms with Gasteiger partial charge in [-0.05, 0) is 48.0 Å². The van der Waals surface area contributed by atoms with E-state index in [0.29, 0.717) is 20.6 Å². The average molecular weight is 267 g/mol. The zero-order valence-corrected chi connectivity index (χ0v) is 13.1. The van der Waals surface area contributed by atoms with Crippen LogP contribution in [0.25, 0.3) is 0 Å². The van der Waals surface area contributed by atoms with Crippen molar-refractivity contribution in [2.45, 2.75) is 59.2 Å². The summed E-state index contributed by atoms with van der Waals surface area (Å²) in [4.78, 5) is 13.6. The van der Waals surface area contributed by atoms with Gasteiger partial charge in [-0.25, -0.2) is 4.79 Å². The van der Waals surface area contributed by atoms with Crippen molar-refractivity contribution in [3.05, 3.63) is 11.5 Å². The first kappa shape index (κ1) is 16.1. The van der Waals surface area contributed by atoms with Gasteiger partial charge in [-0.15, -0.1) is 0 Å². The van der Waals surface area contributed by atoms with E-state index in [2.05, 4.69) is 6.08 Å². The molecule has 0 bridgehead atoms. The molecular weight excluding hydrogens is 241 g/mol. The van der Waals surface area contributed by atoms with Crippen molar-refractivity contribution in [3.8, 4) is 0 Å². The fraction of sp³-hybridized carbons (Fsp3) is 0.786. The Morgan fingerprint density at radius 3 is 2.26 bits per heavy atom. The van der Waals surface area contributed by atoms with Gasteiger partial charge in [0, 0.05) is 18.7 Å². The smallest absolute Gasteiger partial charge is 0.410 e. The van der Waals surface area contributed by atoms with Crippen LogP contribution < -0.4 is 0 Å². The predicted molar refractivity (Wildman–Crippen MR) is 78.5 cm³/mol. The minimum Gasteiger partial charge on any atom is -0.444 e. The number of ether oxygens (including phenoxy) is 1. The Balaban J connectivity index is 2.43. The Bertz CT molecular complexity index is 353. The zero-order valence-electron chi connectivity index (χ0n) is 13.1. The number of amides is 1. The van der Waals surface area contributed by atoms with Crippen LogP contribution in [0.5, 0.6) is 0 Å². The van der Waals surface area contributed by atoms with Gasteiger partial charge in [0.1, 0.15) is 5.60 Å². The summed E-state index contributed by atoms with van der Waals surface area (Å²) in [5.74, 6) is 0. The summed E-state index contributed by atoms with van der Waals surface area (Å²) in [6, 6.07) is 0. The molecule has 0 radical (unpaired) electrons. The van der Waals surface area contributed by atoms with Crippen molar-refractivity contribution in [2.75, 3.05) is 13.1 Å². The van der Waals surface area contributed by atoms with Gasteiger partial charge in [0.05, 0.1) is 0 Å². The highest BCUT2D eigenvalue weighted by molar-refractivity contribution is 6.38. The summed E-state index contributed by atoms with van der Waals surface area (Å²) in [5.41, 5.74) is 0.703. The minimum absolute atomic E-state index is 0.122. The second-order valence-electron chi connectivity index (χ2n) is 6.94. The lowest BCUT2D eigenvalue weighted by Crippen LogP contribution is -2.40. The van der Waals surface area contributed by atoms with Gasteiger partial charge in [-0.3, -0.25) is 0 Å². The number of nitrogens with zero attached hydrogens (tertiary/aromatic N) is 1. The molecule has 0 spiro atoms. The SMILES string of the molecule is CC(C)(C)OBC1=CCN(C(=O)OC(C)(C)C)CC1. The van der Waals surface area contributed by atoms with Crippen molar-refractivity contribution < 1.29 is 14.2 Å². The number of carbonyl (C=O) groups excluding carboxylic acids is 1. The first-order valence-electron chi connectivity index (χ1n) is 6.87. The van der Waals surface area contributed by atoms with Crippen LogP contribution in [0.4, 0.5) is 4.79 Å². The van der Waals surface area contributed by atoms with Crippen LogP contribution in [-0.2, 0) is 9.39 Å². The van der Waals surface area contributed by atoms with Crippen LogP contribution in [-0.4, -0.2) is 42.8 Å². The Labute approximate surface area is 117 Å². The third-order valence-electron chi connectivity index (χ3n) is 2.65. The van der Waals surface area contributed by atoms with E-state index in [1.165, 1.54) is 5.47 Å². The second kappa shape index (κ2) is 5.99. The van der Waals surface area contributed by atoms with E-state index in [1.54, 1.807) is 4.90 Å². The molecule has 19 heavy (non-hydrogen) atoms. The molecule has 0 unspecified atom stereocenters. The predicted octanol–water partition coefficient (Wildman–Crippen LogP) is 2.68. The van der Waals surface area contributed by atoms with Crippen molar-refractivity contribution in [2.24, 2.45) is 0 Å². The summed E-state index contributed by atoms with van der Waals surface area (Å²) in [7, 11) is 0.645. The summed E-state index contributed by atoms with van der Waals surface area (Å²) >= 11 is 0. The van der Waals surface area contributed by atoms with Crippen LogP contribution in [0, 0.1) is 0 Å². The molecule has 0 atom stereocenters. The Morgan fingerprint density at radius 1 is 1.21 bits per heavy atom. The largest absolute Gasteiger partial charge is 0.444 e. The van der Waals surface area contributed by atoms with Crippen molar-refractivity contribution in [1.82, 2.24) is 4.90 Å². The topological polar surface area (TPSA) is 38.8 Å². The molecule has 0 saturated heterocycles. The fourth-order valence-corrected chi connectivity index (χ4v) is 1.64. The number of hydrogen-bond acceptors (Lipinski definition) is 3. The molecule has 0 saturated carbocycles. The van der Waals surface area contributed by atoms with Crippen LogP contribution in [0.3, 0.4) is 0 Å². The Morgan fingerprint density at radius 2 is 1.84 bits per heavy atom. The average Bonchev–Trinajstić information content (AvgIpc) is 2.23. The second-order valence-corrected chi connectivity index (χ2v) is 6.94. The van der Waals surface area contributed by atoms with Crippen molar-refractivity contribution in [1.29, 1.82) is 0 Å². The van der Waals surface area contributed by atoms with Gasteiger partial charge in [0.15, 0.2) is 0 Å². The Hall–Kier alpha value is -0.965. The highest BCUT2D eigenvalue weighted by atomic mass is 16.6. The standard InChI is InChI=1S/C14H26BNO3/c1-13(2,3)18-12(17)16-9-7-11(8-10-16)15-19-14(4,5)6/h7,15H,8-10H2,1-6H3. The molecule has 1 amide bonds. The van der Waals surface area contributed by atoms with E-state index in [0.717, 1.165) is 6.42 Å². The third-order valence-corrected chi connectivity index (χ3v) is 2.65. The third kappa shape index (κ3) is 6.67. The molecule has 5 heteroatoms. The molecular formula is C14H26BNO3. The molecule has 1 aliphatic heterocycles. The van der Waals surface area contributed by atoms with Crippen LogP contribution in [0.15, 0.2) is 11.5 Å². The van der Waals surface area contributed by atoms with Gasteiger partial charge >= 0.3 is 13.6 Å². The summed E-state index contributed by atoms with van der Waals surface area (Å²) in [6.45, 7) is 13.1. The monoisotopic (exact) mass is 267 g/mol. The van der Waals surface area contributed by atoms with Crippen LogP contribution in [0.2, 0.25) is 0 Å². The van der Waals surface area contributed by atoms with Gasteiger partial charge in [0.25, 0.3) is 0 Å². The maximum Gasteiger partial charge on any atom is 0.410 e. The lowest BCUT2D eigenvalue weighted by atomic mass is 9.82. The molecule has 0 N–H and O–H groups in total. The summed E-state index contributed by atoms with van der Waals surface area (Å²) in [6.07, 6.45) is 2.69. The fourth-order valence-electron chi connectivity index (χ4n) is 1.64. The van der Waals surface area contributed by atoms with E-state index in [4.69, 9.17) is 9.39 Å². The van der Waals surface area contributed by atoms with Gasteiger partial charge in [-0.1, -0.05) is 11.5 Å². The first-order valence-corrected chi connectivity index (χ1v) is 6.87. The van der Waals surface area contributed by atoms with Crippen molar-refractivity contribution >= 4 is 13.6 Å². The molecule has 1 heterocycles. The van der Waals surface area contributed by atoms with Gasteiger partial charge in [-0.2, -0.15) is 0 Å². The molecule has 0 fully saturated rings. The Kier molecular flexibility index (Phi) is 5.08. The summed E-state index contributed by atoms with van der Waals surface area (Å²) in [5, 5.41) is 0. The summed E-state index contributed by atoms with van der Waals surface area (Å²) < 4.78 is 11.1. The molecule has 1 rings (SSSR count). The first-order chi connectivity index (χ1) is 8.57. The maximum absolute atomic E-state index is 11.9. The highest BCUT2D eigenvalue weighted by Crippen LogP contribution is 2.16. The molecule has 4 nitrogen and oxygen atoms in total. The molecule has 1 aliphatic rings. The van der Waals surface area contributed by atoms with Crippen molar-refractivity contribution in [3.63, 3.8) is 0 Å². The number of carbonyl (C=O) groups is 1. The normalized spacial score (nSPS) is 16.9. The van der Waals surface area contributed by atoms with E-state index in [9.17, 15) is 4.79 Å². The lowest BCUT2D eigenvalue weighted by molar-refractivity contribution is 0.0266.